The highest BCUT2D eigenvalue weighted by atomic mass is 32.2. The highest BCUT2D eigenvalue weighted by Gasteiger charge is 2.45. The summed E-state index contributed by atoms with van der Waals surface area (Å²) in [5.41, 5.74) is 16.9. The van der Waals surface area contributed by atoms with E-state index < -0.39 is 5.41 Å². The van der Waals surface area contributed by atoms with Gasteiger partial charge >= 0.3 is 0 Å². The molecule has 0 spiro atoms. The smallest absolute Gasteiger partial charge is 0.0713 e. The van der Waals surface area contributed by atoms with Crippen molar-refractivity contribution < 1.29 is 0 Å². The van der Waals surface area contributed by atoms with Crippen LogP contribution in [0.4, 0.5) is 17.1 Å². The van der Waals surface area contributed by atoms with Crippen LogP contribution in [0.1, 0.15) is 47.1 Å². The molecular weight excluding hydrogens is 755 g/mol. The van der Waals surface area contributed by atoms with Crippen LogP contribution in [0.2, 0.25) is 0 Å². The fraction of sp³-hybridized carbons (Fsp3) is 0.0847. The summed E-state index contributed by atoms with van der Waals surface area (Å²) in [4.78, 5) is 3.79. The van der Waals surface area contributed by atoms with Crippen LogP contribution in [0, 0.1) is 0 Å². The van der Waals surface area contributed by atoms with Crippen molar-refractivity contribution in [3.8, 4) is 33.4 Å². The number of benzene rings is 9. The first-order valence-corrected chi connectivity index (χ1v) is 22.3. The van der Waals surface area contributed by atoms with Crippen LogP contribution in [-0.4, -0.2) is 5.25 Å². The van der Waals surface area contributed by atoms with Crippen molar-refractivity contribution in [2.75, 3.05) is 4.90 Å². The van der Waals surface area contributed by atoms with E-state index in [9.17, 15) is 0 Å². The van der Waals surface area contributed by atoms with Crippen LogP contribution in [0.5, 0.6) is 0 Å². The first-order chi connectivity index (χ1) is 30.2. The van der Waals surface area contributed by atoms with Crippen molar-refractivity contribution in [3.63, 3.8) is 0 Å². The van der Waals surface area contributed by atoms with Gasteiger partial charge in [0.25, 0.3) is 0 Å². The fourth-order valence-corrected chi connectivity index (χ4v) is 11.7. The third-order valence-corrected chi connectivity index (χ3v) is 14.7. The molecule has 0 saturated carbocycles. The Morgan fingerprint density at radius 1 is 0.475 bits per heavy atom. The average molecular weight is 800 g/mol. The molecule has 11 rings (SSSR count). The normalized spacial score (nSPS) is 15.8. The van der Waals surface area contributed by atoms with Gasteiger partial charge in [0.05, 0.1) is 5.41 Å². The molecule has 2 heteroatoms. The molecule has 2 atom stereocenters. The summed E-state index contributed by atoms with van der Waals surface area (Å²) in [5.74, 6) is 0.361. The number of nitrogens with zero attached hydrogens (tertiary/aromatic N) is 1. The first kappa shape index (κ1) is 37.2. The van der Waals surface area contributed by atoms with Gasteiger partial charge in [0.1, 0.15) is 0 Å². The van der Waals surface area contributed by atoms with E-state index >= 15 is 0 Å². The standard InChI is InChI=1S/C59H45NS/c1-3-48-56(4-2)61-57-39-38-50-49(22-15-23-53(50)58(48)57)42-28-34-46(35-29-42)60(45-32-26-41(27-33-45)40-16-7-5-8-17-40)47-36-30-44(31-37-47)59(43-18-9-6-10-19-43)54-24-13-11-20-51(54)52-21-12-14-25-55(52)59/h3,5-39,48,56H,1,4H2,2H3. The van der Waals surface area contributed by atoms with Crippen LogP contribution in [0.25, 0.3) is 44.2 Å². The predicted octanol–water partition coefficient (Wildman–Crippen LogP) is 16.2. The Balaban J connectivity index is 1.03. The maximum absolute atomic E-state index is 4.27. The number of hydrogen-bond donors (Lipinski definition) is 0. The molecule has 2 unspecified atom stereocenters. The van der Waals surface area contributed by atoms with Crippen LogP contribution in [0.3, 0.4) is 0 Å². The second-order valence-corrected chi connectivity index (χ2v) is 17.5. The number of rotatable bonds is 9. The molecule has 2 aliphatic rings. The Morgan fingerprint density at radius 3 is 1.59 bits per heavy atom. The molecule has 9 aromatic rings. The lowest BCUT2D eigenvalue weighted by Gasteiger charge is -2.34. The summed E-state index contributed by atoms with van der Waals surface area (Å²) in [6.07, 6.45) is 3.29. The van der Waals surface area contributed by atoms with E-state index in [0.717, 1.165) is 23.5 Å². The van der Waals surface area contributed by atoms with E-state index in [0.29, 0.717) is 11.2 Å². The summed E-state index contributed by atoms with van der Waals surface area (Å²) < 4.78 is 0. The maximum atomic E-state index is 4.27. The molecular formula is C59H45NS. The van der Waals surface area contributed by atoms with E-state index in [4.69, 9.17) is 0 Å². The Bertz CT molecular complexity index is 3000. The first-order valence-electron chi connectivity index (χ1n) is 21.4. The second-order valence-electron chi connectivity index (χ2n) is 16.3. The molecule has 0 fully saturated rings. The molecule has 0 radical (unpaired) electrons. The molecule has 0 aromatic heterocycles. The van der Waals surface area contributed by atoms with Gasteiger partial charge in [-0.25, -0.2) is 0 Å². The largest absolute Gasteiger partial charge is 0.311 e. The van der Waals surface area contributed by atoms with Crippen molar-refractivity contribution >= 4 is 39.6 Å². The monoisotopic (exact) mass is 799 g/mol. The van der Waals surface area contributed by atoms with Crippen molar-refractivity contribution in [3.05, 3.63) is 253 Å². The van der Waals surface area contributed by atoms with Gasteiger partial charge in [-0.2, -0.15) is 0 Å². The quantitative estimate of drug-likeness (QED) is 0.134. The lowest BCUT2D eigenvalue weighted by molar-refractivity contribution is 0.755. The van der Waals surface area contributed by atoms with Gasteiger partial charge in [0.2, 0.25) is 0 Å². The predicted molar refractivity (Wildman–Crippen MR) is 260 cm³/mol. The number of anilines is 3. The maximum Gasteiger partial charge on any atom is 0.0713 e. The van der Waals surface area contributed by atoms with E-state index in [-0.39, 0.29) is 0 Å². The van der Waals surface area contributed by atoms with E-state index in [2.05, 4.69) is 237 Å². The molecule has 0 N–H and O–H groups in total. The van der Waals surface area contributed by atoms with Gasteiger partial charge in [-0.1, -0.05) is 183 Å². The molecule has 0 saturated heterocycles. The zero-order chi connectivity index (χ0) is 40.9. The van der Waals surface area contributed by atoms with Gasteiger partial charge < -0.3 is 4.90 Å². The fourth-order valence-electron chi connectivity index (χ4n) is 10.3. The van der Waals surface area contributed by atoms with Crippen LogP contribution in [0.15, 0.2) is 230 Å². The molecule has 1 aliphatic heterocycles. The molecule has 9 aromatic carbocycles. The summed E-state index contributed by atoms with van der Waals surface area (Å²) in [6.45, 7) is 6.56. The summed E-state index contributed by atoms with van der Waals surface area (Å²) >= 11 is 2.01. The summed E-state index contributed by atoms with van der Waals surface area (Å²) in [5, 5.41) is 3.18. The number of hydrogen-bond acceptors (Lipinski definition) is 2. The van der Waals surface area contributed by atoms with E-state index in [1.165, 1.54) is 76.9 Å². The highest BCUT2D eigenvalue weighted by Crippen LogP contribution is 2.56. The van der Waals surface area contributed by atoms with Crippen molar-refractivity contribution in [2.45, 2.75) is 34.8 Å². The number of thioether (sulfide) groups is 1. The minimum absolute atomic E-state index is 0.361. The summed E-state index contributed by atoms with van der Waals surface area (Å²) in [6, 6.07) is 78.5. The van der Waals surface area contributed by atoms with Gasteiger partial charge in [-0.3, -0.25) is 0 Å². The molecule has 1 aliphatic carbocycles. The second kappa shape index (κ2) is 15.3. The van der Waals surface area contributed by atoms with E-state index in [1.807, 2.05) is 11.8 Å². The van der Waals surface area contributed by atoms with Crippen LogP contribution in [-0.2, 0) is 5.41 Å². The average Bonchev–Trinajstić information content (AvgIpc) is 3.87. The van der Waals surface area contributed by atoms with Gasteiger partial charge in [0, 0.05) is 33.1 Å². The lowest BCUT2D eigenvalue weighted by Crippen LogP contribution is -2.28. The molecule has 1 heterocycles. The van der Waals surface area contributed by atoms with Gasteiger partial charge in [-0.05, 0) is 121 Å². The van der Waals surface area contributed by atoms with Crippen LogP contribution >= 0.6 is 11.8 Å². The SMILES string of the molecule is C=CC1c2c(ccc3c(-c4ccc(N(c5ccc(-c6ccccc6)cc5)c5ccc(C6(c7ccccc7)c7ccccc7-c7ccccc76)cc5)cc4)cccc23)SC1CC. The third-order valence-electron chi connectivity index (χ3n) is 13.1. The van der Waals surface area contributed by atoms with Crippen molar-refractivity contribution in [1.29, 1.82) is 0 Å². The Hall–Kier alpha value is -6.87. The van der Waals surface area contributed by atoms with Crippen LogP contribution < -0.4 is 4.90 Å². The molecule has 0 bridgehead atoms. The zero-order valence-corrected chi connectivity index (χ0v) is 35.0. The Kier molecular flexibility index (Phi) is 9.32. The number of fused-ring (bicyclic) bond motifs is 6. The minimum Gasteiger partial charge on any atom is -0.311 e. The molecule has 0 amide bonds. The topological polar surface area (TPSA) is 3.24 Å². The molecule has 292 valence electrons. The minimum atomic E-state index is -0.447. The van der Waals surface area contributed by atoms with Gasteiger partial charge in [0.15, 0.2) is 0 Å². The Morgan fingerprint density at radius 2 is 0.984 bits per heavy atom. The zero-order valence-electron chi connectivity index (χ0n) is 34.2. The van der Waals surface area contributed by atoms with Crippen molar-refractivity contribution in [1.82, 2.24) is 0 Å². The summed E-state index contributed by atoms with van der Waals surface area (Å²) in [7, 11) is 0. The van der Waals surface area contributed by atoms with Gasteiger partial charge in [-0.15, -0.1) is 18.3 Å². The molecule has 1 nitrogen and oxygen atoms in total. The number of allylic oxidation sites excluding steroid dienone is 1. The molecule has 61 heavy (non-hydrogen) atoms. The van der Waals surface area contributed by atoms with Crippen molar-refractivity contribution in [2.24, 2.45) is 0 Å². The highest BCUT2D eigenvalue weighted by molar-refractivity contribution is 8.00. The van der Waals surface area contributed by atoms with E-state index in [1.54, 1.807) is 0 Å². The lowest BCUT2D eigenvalue weighted by atomic mass is 9.68. The third kappa shape index (κ3) is 6.00. The Labute approximate surface area is 363 Å².